The summed E-state index contributed by atoms with van der Waals surface area (Å²) >= 11 is 5.86. The first-order valence-corrected chi connectivity index (χ1v) is 7.76. The van der Waals surface area contributed by atoms with Crippen molar-refractivity contribution in [2.45, 2.75) is 52.8 Å². The molecular formula is C16H21ClFN3O2. The molecule has 0 saturated heterocycles. The van der Waals surface area contributed by atoms with Crippen molar-refractivity contribution in [2.75, 3.05) is 0 Å². The van der Waals surface area contributed by atoms with Crippen molar-refractivity contribution >= 4 is 28.6 Å². The predicted octanol–water partition coefficient (Wildman–Crippen LogP) is 4.05. The van der Waals surface area contributed by atoms with E-state index in [1.54, 1.807) is 38.4 Å². The van der Waals surface area contributed by atoms with Crippen LogP contribution >= 0.6 is 11.6 Å². The first kappa shape index (κ1) is 17.5. The van der Waals surface area contributed by atoms with Gasteiger partial charge in [0.05, 0.1) is 22.8 Å². The van der Waals surface area contributed by atoms with Gasteiger partial charge in [-0.2, -0.15) is 5.10 Å². The molecule has 0 saturated carbocycles. The summed E-state index contributed by atoms with van der Waals surface area (Å²) in [5.74, 6) is -0.471. The smallest absolute Gasteiger partial charge is 0.407 e. The highest BCUT2D eigenvalue weighted by atomic mass is 35.5. The van der Waals surface area contributed by atoms with E-state index in [9.17, 15) is 9.18 Å². The maximum absolute atomic E-state index is 13.6. The molecule has 5 nitrogen and oxygen atoms in total. The van der Waals surface area contributed by atoms with Crippen LogP contribution in [0.5, 0.6) is 0 Å². The lowest BCUT2D eigenvalue weighted by Crippen LogP contribution is -2.39. The van der Waals surface area contributed by atoms with Gasteiger partial charge in [0.25, 0.3) is 0 Å². The maximum Gasteiger partial charge on any atom is 0.407 e. The van der Waals surface area contributed by atoms with Crippen LogP contribution in [0.3, 0.4) is 0 Å². The SMILES string of the molecule is Cc1nn(C[C@H](C)NC(=O)OC(C)(C)C)c2cc(Cl)c(F)cc12. The van der Waals surface area contributed by atoms with Gasteiger partial charge in [-0.15, -0.1) is 0 Å². The van der Waals surface area contributed by atoms with Gasteiger partial charge in [-0.3, -0.25) is 4.68 Å². The van der Waals surface area contributed by atoms with Gasteiger partial charge in [0.2, 0.25) is 0 Å². The Bertz CT molecular complexity index is 737. The molecule has 7 heteroatoms. The van der Waals surface area contributed by atoms with E-state index in [4.69, 9.17) is 16.3 Å². The number of benzene rings is 1. The number of alkyl carbamates (subject to hydrolysis) is 1. The van der Waals surface area contributed by atoms with Crippen LogP contribution in [0.15, 0.2) is 12.1 Å². The van der Waals surface area contributed by atoms with Crippen molar-refractivity contribution < 1.29 is 13.9 Å². The third-order valence-corrected chi connectivity index (χ3v) is 3.48. The number of nitrogens with one attached hydrogen (secondary N) is 1. The molecule has 0 aliphatic carbocycles. The van der Waals surface area contributed by atoms with Crippen LogP contribution in [0.4, 0.5) is 9.18 Å². The van der Waals surface area contributed by atoms with E-state index in [0.717, 1.165) is 5.52 Å². The lowest BCUT2D eigenvalue weighted by Gasteiger charge is -2.22. The summed E-state index contributed by atoms with van der Waals surface area (Å²) in [6.07, 6.45) is -0.484. The van der Waals surface area contributed by atoms with Crippen LogP contribution in [-0.4, -0.2) is 27.5 Å². The highest BCUT2D eigenvalue weighted by Gasteiger charge is 2.19. The van der Waals surface area contributed by atoms with Crippen LogP contribution in [-0.2, 0) is 11.3 Å². The molecule has 1 heterocycles. The van der Waals surface area contributed by atoms with Gasteiger partial charge in [0.15, 0.2) is 0 Å². The second-order valence-electron chi connectivity index (χ2n) is 6.60. The summed E-state index contributed by atoms with van der Waals surface area (Å²) in [4.78, 5) is 11.8. The summed E-state index contributed by atoms with van der Waals surface area (Å²) in [5.41, 5.74) is 0.885. The average Bonchev–Trinajstić information content (AvgIpc) is 2.64. The van der Waals surface area contributed by atoms with Crippen LogP contribution < -0.4 is 5.32 Å². The average molecular weight is 342 g/mol. The highest BCUT2D eigenvalue weighted by Crippen LogP contribution is 2.25. The highest BCUT2D eigenvalue weighted by molar-refractivity contribution is 6.31. The van der Waals surface area contributed by atoms with E-state index in [2.05, 4.69) is 10.4 Å². The van der Waals surface area contributed by atoms with E-state index in [1.165, 1.54) is 6.07 Å². The van der Waals surface area contributed by atoms with Crippen LogP contribution in [0.1, 0.15) is 33.4 Å². The first-order valence-electron chi connectivity index (χ1n) is 7.38. The predicted molar refractivity (Wildman–Crippen MR) is 88.3 cm³/mol. The maximum atomic E-state index is 13.6. The minimum absolute atomic E-state index is 0.0476. The quantitative estimate of drug-likeness (QED) is 0.916. The zero-order chi connectivity index (χ0) is 17.4. The fourth-order valence-electron chi connectivity index (χ4n) is 2.28. The normalized spacial score (nSPS) is 13.2. The Hall–Kier alpha value is -1.82. The van der Waals surface area contributed by atoms with E-state index < -0.39 is 17.5 Å². The fourth-order valence-corrected chi connectivity index (χ4v) is 2.44. The van der Waals surface area contributed by atoms with Crippen molar-refractivity contribution in [3.63, 3.8) is 0 Å². The summed E-state index contributed by atoms with van der Waals surface area (Å²) in [5, 5.41) is 7.90. The van der Waals surface area contributed by atoms with Crippen molar-refractivity contribution in [1.29, 1.82) is 0 Å². The molecule has 0 bridgehead atoms. The number of rotatable bonds is 3. The number of carbonyl (C=O) groups excluding carboxylic acids is 1. The number of hydrogen-bond acceptors (Lipinski definition) is 3. The number of fused-ring (bicyclic) bond motifs is 1. The summed E-state index contributed by atoms with van der Waals surface area (Å²) in [6.45, 7) is 9.48. The molecule has 126 valence electrons. The minimum Gasteiger partial charge on any atom is -0.444 e. The van der Waals surface area contributed by atoms with Crippen molar-refractivity contribution in [3.8, 4) is 0 Å². The van der Waals surface area contributed by atoms with Gasteiger partial charge >= 0.3 is 6.09 Å². The van der Waals surface area contributed by atoms with Gasteiger partial charge in [0, 0.05) is 11.4 Å². The molecule has 23 heavy (non-hydrogen) atoms. The van der Waals surface area contributed by atoms with Gasteiger partial charge in [-0.1, -0.05) is 11.6 Å². The second-order valence-corrected chi connectivity index (χ2v) is 7.01. The Labute approximate surface area is 139 Å². The Morgan fingerprint density at radius 2 is 2.13 bits per heavy atom. The topological polar surface area (TPSA) is 56.2 Å². The van der Waals surface area contributed by atoms with Crippen molar-refractivity contribution in [2.24, 2.45) is 0 Å². The molecule has 1 N–H and O–H groups in total. The Kier molecular flexibility index (Phi) is 4.84. The Balaban J connectivity index is 2.15. The van der Waals surface area contributed by atoms with Crippen LogP contribution in [0.2, 0.25) is 5.02 Å². The molecule has 2 rings (SSSR count). The Morgan fingerprint density at radius 3 is 2.74 bits per heavy atom. The molecule has 1 aromatic carbocycles. The van der Waals surface area contributed by atoms with Crippen molar-refractivity contribution in [3.05, 3.63) is 28.7 Å². The summed E-state index contributed by atoms with van der Waals surface area (Å²) in [6, 6.07) is 2.71. The van der Waals surface area contributed by atoms with E-state index >= 15 is 0 Å². The number of amides is 1. The number of nitrogens with zero attached hydrogens (tertiary/aromatic N) is 2. The molecule has 0 fully saturated rings. The van der Waals surface area contributed by atoms with Crippen LogP contribution in [0.25, 0.3) is 10.9 Å². The molecule has 2 aromatic rings. The molecule has 0 aliphatic heterocycles. The summed E-state index contributed by atoms with van der Waals surface area (Å²) in [7, 11) is 0. The third kappa shape index (κ3) is 4.34. The summed E-state index contributed by atoms with van der Waals surface area (Å²) < 4.78 is 20.5. The van der Waals surface area contributed by atoms with Gasteiger partial charge in [-0.25, -0.2) is 9.18 Å². The molecule has 0 radical (unpaired) electrons. The van der Waals surface area contributed by atoms with Crippen molar-refractivity contribution in [1.82, 2.24) is 15.1 Å². The zero-order valence-electron chi connectivity index (χ0n) is 13.9. The lowest BCUT2D eigenvalue weighted by molar-refractivity contribution is 0.0504. The molecule has 1 atom stereocenters. The monoisotopic (exact) mass is 341 g/mol. The van der Waals surface area contributed by atoms with E-state index in [1.807, 2.05) is 6.92 Å². The molecule has 1 amide bonds. The fraction of sp³-hybridized carbons (Fsp3) is 0.500. The number of aromatic nitrogens is 2. The third-order valence-electron chi connectivity index (χ3n) is 3.19. The standard InChI is InChI=1S/C16H21ClFN3O2/c1-9(19-15(22)23-16(3,4)5)8-21-14-7-12(17)13(18)6-11(14)10(2)20-21/h6-7,9H,8H2,1-5H3,(H,19,22)/t9-/m0/s1. The van der Waals surface area contributed by atoms with E-state index in [0.29, 0.717) is 17.6 Å². The van der Waals surface area contributed by atoms with E-state index in [-0.39, 0.29) is 11.1 Å². The van der Waals surface area contributed by atoms with Gasteiger partial charge in [-0.05, 0) is 46.8 Å². The largest absolute Gasteiger partial charge is 0.444 e. The number of halogens is 2. The van der Waals surface area contributed by atoms with Crippen LogP contribution in [0, 0.1) is 12.7 Å². The lowest BCUT2D eigenvalue weighted by atomic mass is 10.2. The molecule has 0 unspecified atom stereocenters. The molecular weight excluding hydrogens is 321 g/mol. The Morgan fingerprint density at radius 1 is 1.48 bits per heavy atom. The number of aryl methyl sites for hydroxylation is 1. The zero-order valence-corrected chi connectivity index (χ0v) is 14.7. The van der Waals surface area contributed by atoms with Gasteiger partial charge in [0.1, 0.15) is 11.4 Å². The number of carbonyl (C=O) groups is 1. The number of ether oxygens (including phenoxy) is 1. The molecule has 0 spiro atoms. The number of hydrogen-bond donors (Lipinski definition) is 1. The van der Waals surface area contributed by atoms with Gasteiger partial charge < -0.3 is 10.1 Å². The minimum atomic E-state index is -0.552. The molecule has 1 aromatic heterocycles. The molecule has 0 aliphatic rings. The second kappa shape index (κ2) is 6.35. The first-order chi connectivity index (χ1) is 10.6.